The van der Waals surface area contributed by atoms with E-state index in [1.807, 2.05) is 32.0 Å². The van der Waals surface area contributed by atoms with E-state index in [0.717, 1.165) is 36.1 Å². The van der Waals surface area contributed by atoms with Crippen LogP contribution >= 0.6 is 0 Å². The van der Waals surface area contributed by atoms with Gasteiger partial charge in [0.25, 0.3) is 0 Å². The summed E-state index contributed by atoms with van der Waals surface area (Å²) in [6, 6.07) is 6.47. The van der Waals surface area contributed by atoms with Gasteiger partial charge in [-0.15, -0.1) is 0 Å². The molecule has 0 heterocycles. The molecule has 0 radical (unpaired) electrons. The van der Waals surface area contributed by atoms with E-state index in [-0.39, 0.29) is 11.8 Å². The topological polar surface area (TPSA) is 70.7 Å². The van der Waals surface area contributed by atoms with Crippen LogP contribution in [-0.2, 0) is 14.3 Å². The molecule has 0 bridgehead atoms. The van der Waals surface area contributed by atoms with Crippen LogP contribution < -0.4 is 10.6 Å². The molecule has 0 unspecified atom stereocenters. The fourth-order valence-corrected chi connectivity index (χ4v) is 2.85. The Morgan fingerprint density at radius 1 is 1.23 bits per heavy atom. The molecule has 0 atom stereocenters. The summed E-state index contributed by atoms with van der Waals surface area (Å²) in [4.78, 5) is 26.5. The van der Waals surface area contributed by atoms with Gasteiger partial charge in [-0.25, -0.2) is 0 Å². The van der Waals surface area contributed by atoms with Gasteiger partial charge in [-0.3, -0.25) is 14.5 Å². The summed E-state index contributed by atoms with van der Waals surface area (Å²) in [6.45, 7) is 6.21. The van der Waals surface area contributed by atoms with Crippen LogP contribution in [0, 0.1) is 13.8 Å². The number of carbonyl (C=O) groups excluding carboxylic acids is 2. The van der Waals surface area contributed by atoms with E-state index >= 15 is 0 Å². The monoisotopic (exact) mass is 361 g/mol. The highest BCUT2D eigenvalue weighted by molar-refractivity contribution is 5.93. The number of nitrogens with one attached hydrogen (secondary N) is 2. The van der Waals surface area contributed by atoms with Gasteiger partial charge in [0.2, 0.25) is 11.8 Å². The second-order valence-corrected chi connectivity index (χ2v) is 7.01. The third-order valence-electron chi connectivity index (χ3n) is 4.55. The van der Waals surface area contributed by atoms with Crippen molar-refractivity contribution in [3.05, 3.63) is 29.3 Å². The molecule has 1 aromatic carbocycles. The average molecular weight is 361 g/mol. The molecule has 1 fully saturated rings. The molecule has 0 aliphatic heterocycles. The van der Waals surface area contributed by atoms with E-state index in [1.54, 1.807) is 7.11 Å². The van der Waals surface area contributed by atoms with Gasteiger partial charge in [0, 0.05) is 45.0 Å². The van der Waals surface area contributed by atoms with Crippen molar-refractivity contribution < 1.29 is 14.3 Å². The first-order valence-electron chi connectivity index (χ1n) is 9.36. The minimum Gasteiger partial charge on any atom is -0.385 e. The van der Waals surface area contributed by atoms with Crippen LogP contribution in [0.4, 0.5) is 5.69 Å². The van der Waals surface area contributed by atoms with Crippen molar-refractivity contribution in [1.82, 2.24) is 10.2 Å². The second kappa shape index (κ2) is 10.3. The molecule has 0 saturated heterocycles. The lowest BCUT2D eigenvalue weighted by Crippen LogP contribution is -2.38. The van der Waals surface area contributed by atoms with Crippen LogP contribution in [-0.4, -0.2) is 56.1 Å². The van der Waals surface area contributed by atoms with Crippen molar-refractivity contribution in [3.8, 4) is 0 Å². The maximum atomic E-state index is 12.4. The molecule has 6 heteroatoms. The van der Waals surface area contributed by atoms with Crippen LogP contribution in [0.2, 0.25) is 0 Å². The van der Waals surface area contributed by atoms with Gasteiger partial charge in [0.15, 0.2) is 0 Å². The number of amides is 2. The average Bonchev–Trinajstić information content (AvgIpc) is 3.43. The quantitative estimate of drug-likeness (QED) is 0.593. The summed E-state index contributed by atoms with van der Waals surface area (Å²) in [7, 11) is 1.65. The van der Waals surface area contributed by atoms with Gasteiger partial charge in [0.05, 0.1) is 6.54 Å². The van der Waals surface area contributed by atoms with Crippen LogP contribution in [0.25, 0.3) is 0 Å². The lowest BCUT2D eigenvalue weighted by atomic mass is 10.1. The van der Waals surface area contributed by atoms with Gasteiger partial charge in [-0.2, -0.15) is 0 Å². The zero-order valence-corrected chi connectivity index (χ0v) is 16.1. The number of carbonyl (C=O) groups is 2. The van der Waals surface area contributed by atoms with Gasteiger partial charge in [-0.1, -0.05) is 12.1 Å². The fraction of sp³-hybridized carbons (Fsp3) is 0.600. The lowest BCUT2D eigenvalue weighted by molar-refractivity contribution is -0.122. The number of hydrogen-bond acceptors (Lipinski definition) is 4. The van der Waals surface area contributed by atoms with Crippen molar-refractivity contribution in [2.75, 3.05) is 38.7 Å². The molecule has 2 rings (SSSR count). The number of aryl methyl sites for hydroxylation is 2. The third kappa shape index (κ3) is 7.14. The van der Waals surface area contributed by atoms with Crippen molar-refractivity contribution in [2.45, 2.75) is 45.6 Å². The van der Waals surface area contributed by atoms with Crippen molar-refractivity contribution in [2.24, 2.45) is 0 Å². The molecule has 2 amide bonds. The van der Waals surface area contributed by atoms with Crippen LogP contribution in [0.1, 0.15) is 36.8 Å². The normalized spacial score (nSPS) is 13.7. The zero-order valence-electron chi connectivity index (χ0n) is 16.1. The first kappa shape index (κ1) is 20.4. The Bertz CT molecular complexity index is 614. The Morgan fingerprint density at radius 2 is 2.00 bits per heavy atom. The van der Waals surface area contributed by atoms with Crippen molar-refractivity contribution in [3.63, 3.8) is 0 Å². The van der Waals surface area contributed by atoms with E-state index in [0.29, 0.717) is 38.7 Å². The maximum Gasteiger partial charge on any atom is 0.238 e. The van der Waals surface area contributed by atoms with Gasteiger partial charge >= 0.3 is 0 Å². The highest BCUT2D eigenvalue weighted by atomic mass is 16.5. The summed E-state index contributed by atoms with van der Waals surface area (Å²) in [5.41, 5.74) is 3.04. The summed E-state index contributed by atoms with van der Waals surface area (Å²) in [6.07, 6.45) is 3.44. The number of anilines is 1. The molecular weight excluding hydrogens is 330 g/mol. The Morgan fingerprint density at radius 3 is 2.69 bits per heavy atom. The van der Waals surface area contributed by atoms with E-state index < -0.39 is 0 Å². The molecule has 0 spiro atoms. The standard InChI is InChI=1S/C20H31N3O3/c1-15-5-6-16(2)18(13-15)22-20(25)14-23(17-7-8-17)11-9-19(24)21-10-4-12-26-3/h5-6,13,17H,4,7-12,14H2,1-3H3,(H,21,24)(H,22,25). The maximum absolute atomic E-state index is 12.4. The third-order valence-corrected chi connectivity index (χ3v) is 4.55. The van der Waals surface area contributed by atoms with Gasteiger partial charge < -0.3 is 15.4 Å². The number of rotatable bonds is 11. The summed E-state index contributed by atoms with van der Waals surface area (Å²) in [5.74, 6) is 0.00722. The van der Waals surface area contributed by atoms with Crippen molar-refractivity contribution in [1.29, 1.82) is 0 Å². The second-order valence-electron chi connectivity index (χ2n) is 7.01. The highest BCUT2D eigenvalue weighted by Crippen LogP contribution is 2.27. The van der Waals surface area contributed by atoms with Crippen molar-refractivity contribution >= 4 is 17.5 Å². The summed E-state index contributed by atoms with van der Waals surface area (Å²) in [5, 5.41) is 5.90. The molecule has 6 nitrogen and oxygen atoms in total. The number of ether oxygens (including phenoxy) is 1. The Kier molecular flexibility index (Phi) is 8.06. The smallest absolute Gasteiger partial charge is 0.238 e. The lowest BCUT2D eigenvalue weighted by Gasteiger charge is -2.21. The van der Waals surface area contributed by atoms with E-state index in [1.165, 1.54) is 0 Å². The fourth-order valence-electron chi connectivity index (χ4n) is 2.85. The number of hydrogen-bond donors (Lipinski definition) is 2. The largest absolute Gasteiger partial charge is 0.385 e. The van der Waals surface area contributed by atoms with Gasteiger partial charge in [0.1, 0.15) is 0 Å². The molecule has 1 aliphatic carbocycles. The molecular formula is C20H31N3O3. The minimum atomic E-state index is -0.0221. The SMILES string of the molecule is COCCCNC(=O)CCN(CC(=O)Nc1cc(C)ccc1C)C1CC1. The van der Waals surface area contributed by atoms with Gasteiger partial charge in [-0.05, 0) is 50.3 Å². The van der Waals surface area contributed by atoms with E-state index in [9.17, 15) is 9.59 Å². The van der Waals surface area contributed by atoms with E-state index in [2.05, 4.69) is 15.5 Å². The Hall–Kier alpha value is -1.92. The van der Waals surface area contributed by atoms with E-state index in [4.69, 9.17) is 4.74 Å². The molecule has 144 valence electrons. The predicted octanol–water partition coefficient (Wildman–Crippen LogP) is 2.25. The Balaban J connectivity index is 1.77. The summed E-state index contributed by atoms with van der Waals surface area (Å²) >= 11 is 0. The highest BCUT2D eigenvalue weighted by Gasteiger charge is 2.30. The van der Waals surface area contributed by atoms with Crippen LogP contribution in [0.3, 0.4) is 0 Å². The summed E-state index contributed by atoms with van der Waals surface area (Å²) < 4.78 is 4.97. The predicted molar refractivity (Wildman–Crippen MR) is 103 cm³/mol. The number of nitrogens with zero attached hydrogens (tertiary/aromatic N) is 1. The number of methoxy groups -OCH3 is 1. The molecule has 2 N–H and O–H groups in total. The molecule has 1 aromatic rings. The molecule has 0 aromatic heterocycles. The van der Waals surface area contributed by atoms with Crippen LogP contribution in [0.15, 0.2) is 18.2 Å². The minimum absolute atomic E-state index is 0.0221. The first-order chi connectivity index (χ1) is 12.5. The number of benzene rings is 1. The first-order valence-corrected chi connectivity index (χ1v) is 9.36. The molecule has 26 heavy (non-hydrogen) atoms. The van der Waals surface area contributed by atoms with Crippen LogP contribution in [0.5, 0.6) is 0 Å². The zero-order chi connectivity index (χ0) is 18.9. The molecule has 1 saturated carbocycles. The molecule has 1 aliphatic rings. The Labute approximate surface area is 156 Å².